The molecule has 2 aromatic heterocycles. The van der Waals surface area contributed by atoms with Crippen LogP contribution in [-0.4, -0.2) is 41.0 Å². The summed E-state index contributed by atoms with van der Waals surface area (Å²) >= 11 is 1.63. The molecule has 0 unspecified atom stereocenters. The third kappa shape index (κ3) is 3.53. The molecular formula is C21H21N3O2S2. The molecule has 0 aliphatic carbocycles. The van der Waals surface area contributed by atoms with Crippen LogP contribution in [0.1, 0.15) is 6.92 Å². The Hall–Kier alpha value is -2.35. The van der Waals surface area contributed by atoms with Crippen molar-refractivity contribution in [3.05, 3.63) is 73.1 Å². The van der Waals surface area contributed by atoms with Gasteiger partial charge in [-0.2, -0.15) is 4.31 Å². The number of fused-ring (bicyclic) bond motifs is 2. The van der Waals surface area contributed by atoms with Gasteiger partial charge in [0.25, 0.3) is 0 Å². The largest absolute Gasteiger partial charge is 0.294 e. The van der Waals surface area contributed by atoms with Crippen molar-refractivity contribution in [1.82, 2.24) is 13.7 Å². The minimum Gasteiger partial charge on any atom is -0.294 e. The molecule has 0 saturated heterocycles. The van der Waals surface area contributed by atoms with Crippen molar-refractivity contribution >= 4 is 38.2 Å². The lowest BCUT2D eigenvalue weighted by atomic mass is 10.1. The molecule has 2 heterocycles. The molecule has 0 N–H and O–H groups in total. The van der Waals surface area contributed by atoms with Crippen molar-refractivity contribution in [2.45, 2.75) is 16.8 Å². The summed E-state index contributed by atoms with van der Waals surface area (Å²) < 4.78 is 30.1. The second-order valence-corrected chi connectivity index (χ2v) is 9.36. The molecule has 0 amide bonds. The lowest BCUT2D eigenvalue weighted by Crippen LogP contribution is -2.33. The quantitative estimate of drug-likeness (QED) is 0.426. The number of benzene rings is 2. The predicted octanol–water partition coefficient (Wildman–Crippen LogP) is 4.29. The van der Waals surface area contributed by atoms with E-state index in [1.165, 1.54) is 0 Å². The molecule has 5 nitrogen and oxygen atoms in total. The van der Waals surface area contributed by atoms with Crippen molar-refractivity contribution in [3.8, 4) is 0 Å². The normalized spacial score (nSPS) is 12.2. The SMILES string of the molecule is CCN(CCSc1cccc2nccn12)S(=O)(=O)c1cccc2ccccc12. The Morgan fingerprint density at radius 3 is 2.68 bits per heavy atom. The van der Waals surface area contributed by atoms with Crippen LogP contribution in [0.25, 0.3) is 16.4 Å². The van der Waals surface area contributed by atoms with E-state index < -0.39 is 10.0 Å². The van der Waals surface area contributed by atoms with Crippen molar-refractivity contribution in [2.24, 2.45) is 0 Å². The van der Waals surface area contributed by atoms with Crippen LogP contribution in [0.4, 0.5) is 0 Å². The maximum atomic E-state index is 13.3. The maximum absolute atomic E-state index is 13.3. The van der Waals surface area contributed by atoms with E-state index in [1.54, 1.807) is 34.4 Å². The van der Waals surface area contributed by atoms with Gasteiger partial charge in [-0.15, -0.1) is 11.8 Å². The van der Waals surface area contributed by atoms with Crippen molar-refractivity contribution in [2.75, 3.05) is 18.8 Å². The molecule has 0 radical (unpaired) electrons. The predicted molar refractivity (Wildman–Crippen MR) is 114 cm³/mol. The summed E-state index contributed by atoms with van der Waals surface area (Å²) in [4.78, 5) is 4.66. The number of thioether (sulfide) groups is 1. The van der Waals surface area contributed by atoms with Crippen LogP contribution in [0.15, 0.2) is 83.0 Å². The van der Waals surface area contributed by atoms with Gasteiger partial charge in [0.2, 0.25) is 10.0 Å². The molecule has 0 aliphatic rings. The van der Waals surface area contributed by atoms with Gasteiger partial charge in [0.05, 0.1) is 9.92 Å². The topological polar surface area (TPSA) is 54.7 Å². The molecule has 144 valence electrons. The molecule has 7 heteroatoms. The third-order valence-electron chi connectivity index (χ3n) is 4.70. The smallest absolute Gasteiger partial charge is 0.243 e. The molecule has 0 atom stereocenters. The van der Waals surface area contributed by atoms with Crippen LogP contribution >= 0.6 is 11.8 Å². The Kier molecular flexibility index (Phi) is 5.39. The number of imidazole rings is 1. The molecular weight excluding hydrogens is 390 g/mol. The minimum atomic E-state index is -3.56. The van der Waals surface area contributed by atoms with Gasteiger partial charge in [-0.05, 0) is 23.6 Å². The van der Waals surface area contributed by atoms with E-state index in [-0.39, 0.29) is 0 Å². The van der Waals surface area contributed by atoms with Crippen LogP contribution < -0.4 is 0 Å². The summed E-state index contributed by atoms with van der Waals surface area (Å²) in [5, 5.41) is 2.74. The number of aromatic nitrogens is 2. The van der Waals surface area contributed by atoms with E-state index in [0.29, 0.717) is 23.7 Å². The molecule has 4 rings (SSSR count). The average Bonchev–Trinajstić information content (AvgIpc) is 3.20. The Balaban J connectivity index is 1.55. The first kappa shape index (κ1) is 19.0. The fraction of sp³-hybridized carbons (Fsp3) is 0.190. The molecule has 4 aromatic rings. The second kappa shape index (κ2) is 7.95. The molecule has 0 saturated carbocycles. The van der Waals surface area contributed by atoms with Gasteiger partial charge in [-0.3, -0.25) is 4.40 Å². The average molecular weight is 412 g/mol. The van der Waals surface area contributed by atoms with Crippen molar-refractivity contribution < 1.29 is 8.42 Å². The lowest BCUT2D eigenvalue weighted by Gasteiger charge is -2.21. The molecule has 0 bridgehead atoms. The van der Waals surface area contributed by atoms with Crippen molar-refractivity contribution in [3.63, 3.8) is 0 Å². The van der Waals surface area contributed by atoms with Gasteiger partial charge in [0, 0.05) is 36.6 Å². The zero-order valence-electron chi connectivity index (χ0n) is 15.5. The summed E-state index contributed by atoms with van der Waals surface area (Å²) in [5.41, 5.74) is 0.890. The summed E-state index contributed by atoms with van der Waals surface area (Å²) in [6.45, 7) is 2.75. The van der Waals surface area contributed by atoms with Gasteiger partial charge < -0.3 is 0 Å². The van der Waals surface area contributed by atoms with Gasteiger partial charge in [0.15, 0.2) is 0 Å². The number of rotatable bonds is 7. The zero-order chi connectivity index (χ0) is 19.6. The molecule has 0 fully saturated rings. The summed E-state index contributed by atoms with van der Waals surface area (Å²) in [5.74, 6) is 0.662. The van der Waals surface area contributed by atoms with E-state index in [4.69, 9.17) is 0 Å². The van der Waals surface area contributed by atoms with E-state index in [0.717, 1.165) is 21.4 Å². The third-order valence-corrected chi connectivity index (χ3v) is 7.75. The highest BCUT2D eigenvalue weighted by Gasteiger charge is 2.24. The van der Waals surface area contributed by atoms with Gasteiger partial charge in [-0.1, -0.05) is 49.4 Å². The van der Waals surface area contributed by atoms with Crippen LogP contribution in [0.3, 0.4) is 0 Å². The van der Waals surface area contributed by atoms with Gasteiger partial charge in [-0.25, -0.2) is 13.4 Å². The van der Waals surface area contributed by atoms with Crippen LogP contribution in [-0.2, 0) is 10.0 Å². The van der Waals surface area contributed by atoms with E-state index in [2.05, 4.69) is 4.98 Å². The Morgan fingerprint density at radius 1 is 1.04 bits per heavy atom. The van der Waals surface area contributed by atoms with Crippen LogP contribution in [0, 0.1) is 0 Å². The number of hydrogen-bond donors (Lipinski definition) is 0. The number of pyridine rings is 1. The molecule has 2 aromatic carbocycles. The molecule has 0 spiro atoms. The Labute approximate surface area is 169 Å². The monoisotopic (exact) mass is 411 g/mol. The summed E-state index contributed by atoms with van der Waals surface area (Å²) in [7, 11) is -3.56. The number of sulfonamides is 1. The van der Waals surface area contributed by atoms with Gasteiger partial charge >= 0.3 is 0 Å². The van der Waals surface area contributed by atoms with E-state index >= 15 is 0 Å². The van der Waals surface area contributed by atoms with E-state index in [9.17, 15) is 8.42 Å². The van der Waals surface area contributed by atoms with Crippen molar-refractivity contribution in [1.29, 1.82) is 0 Å². The van der Waals surface area contributed by atoms with Gasteiger partial charge in [0.1, 0.15) is 5.65 Å². The molecule has 0 aliphatic heterocycles. The Bertz CT molecular complexity index is 1210. The first-order valence-electron chi connectivity index (χ1n) is 9.14. The number of hydrogen-bond acceptors (Lipinski definition) is 4. The minimum absolute atomic E-state index is 0.370. The maximum Gasteiger partial charge on any atom is 0.243 e. The number of nitrogens with zero attached hydrogens (tertiary/aromatic N) is 3. The highest BCUT2D eigenvalue weighted by molar-refractivity contribution is 7.99. The highest BCUT2D eigenvalue weighted by Crippen LogP contribution is 2.26. The van der Waals surface area contributed by atoms with Crippen LogP contribution in [0.5, 0.6) is 0 Å². The Morgan fingerprint density at radius 2 is 1.82 bits per heavy atom. The zero-order valence-corrected chi connectivity index (χ0v) is 17.2. The summed E-state index contributed by atoms with van der Waals surface area (Å²) in [6.07, 6.45) is 3.69. The first-order valence-corrected chi connectivity index (χ1v) is 11.6. The highest BCUT2D eigenvalue weighted by atomic mass is 32.2. The lowest BCUT2D eigenvalue weighted by molar-refractivity contribution is 0.448. The standard InChI is InChI=1S/C21H21N3O2S2/c1-2-23(15-16-27-21-12-6-11-20-22-13-14-24(20)21)28(25,26)19-10-5-8-17-7-3-4-9-18(17)19/h3-14H,2,15-16H2,1H3. The molecule has 28 heavy (non-hydrogen) atoms. The fourth-order valence-electron chi connectivity index (χ4n) is 3.30. The second-order valence-electron chi connectivity index (χ2n) is 6.34. The summed E-state index contributed by atoms with van der Waals surface area (Å²) in [6, 6.07) is 19.0. The fourth-order valence-corrected chi connectivity index (χ4v) is 6.07. The first-order chi connectivity index (χ1) is 13.6. The van der Waals surface area contributed by atoms with Crippen LogP contribution in [0.2, 0.25) is 0 Å². The van der Waals surface area contributed by atoms with E-state index in [1.807, 2.05) is 66.1 Å².